The van der Waals surface area contributed by atoms with Gasteiger partial charge in [-0.15, -0.1) is 0 Å². The topological polar surface area (TPSA) is 70.2 Å². The van der Waals surface area contributed by atoms with Gasteiger partial charge in [0.05, 0.1) is 12.3 Å². The molecule has 0 aliphatic rings. The highest BCUT2D eigenvalue weighted by atomic mass is 16.2. The number of aromatic nitrogens is 1. The Morgan fingerprint density at radius 2 is 2.33 bits per heavy atom. The molecule has 0 bridgehead atoms. The largest absolute Gasteiger partial charge is 0.350 e. The van der Waals surface area contributed by atoms with Gasteiger partial charge in [-0.1, -0.05) is 18.2 Å². The number of nitrogens with zero attached hydrogens (tertiary/aromatic N) is 3. The molecule has 0 radical (unpaired) electrons. The van der Waals surface area contributed by atoms with E-state index in [4.69, 9.17) is 5.26 Å². The molecule has 2 aromatic rings. The summed E-state index contributed by atoms with van der Waals surface area (Å²) in [7, 11) is 1.95. The van der Waals surface area contributed by atoms with Crippen LogP contribution in [0.2, 0.25) is 0 Å². The first-order valence-electron chi connectivity index (χ1n) is 5.45. The van der Waals surface area contributed by atoms with Gasteiger partial charge in [0.15, 0.2) is 0 Å². The molecule has 1 aromatic heterocycles. The van der Waals surface area contributed by atoms with E-state index in [1.54, 1.807) is 12.3 Å². The maximum absolute atomic E-state index is 11.0. The number of hydrogen-bond donors (Lipinski definition) is 1. The molecule has 18 heavy (non-hydrogen) atoms. The summed E-state index contributed by atoms with van der Waals surface area (Å²) in [4.78, 5) is 11.0. The average Bonchev–Trinajstić information content (AvgIpc) is 2.68. The minimum Gasteiger partial charge on any atom is -0.350 e. The van der Waals surface area contributed by atoms with E-state index in [0.29, 0.717) is 0 Å². The van der Waals surface area contributed by atoms with Gasteiger partial charge in [0.25, 0.3) is 5.91 Å². The van der Waals surface area contributed by atoms with E-state index in [9.17, 15) is 4.79 Å². The summed E-state index contributed by atoms with van der Waals surface area (Å²) in [6, 6.07) is 9.69. The van der Waals surface area contributed by atoms with Crippen molar-refractivity contribution < 1.29 is 4.79 Å². The Labute approximate surface area is 104 Å². The third-order valence-electron chi connectivity index (χ3n) is 2.56. The van der Waals surface area contributed by atoms with E-state index < -0.39 is 5.91 Å². The first-order valence-corrected chi connectivity index (χ1v) is 5.45. The number of nitrogens with one attached hydrogen (secondary N) is 1. The van der Waals surface area contributed by atoms with Crippen LogP contribution in [0.3, 0.4) is 0 Å². The number of fused-ring (bicyclic) bond motifs is 1. The fourth-order valence-corrected chi connectivity index (χ4v) is 1.76. The van der Waals surface area contributed by atoms with Gasteiger partial charge in [-0.05, 0) is 6.07 Å². The molecule has 90 valence electrons. The summed E-state index contributed by atoms with van der Waals surface area (Å²) >= 11 is 0. The maximum Gasteiger partial charge on any atom is 0.254 e. The number of hydrogen-bond acceptors (Lipinski definition) is 3. The number of hydrazone groups is 1. The lowest BCUT2D eigenvalue weighted by Gasteiger charge is -1.93. The van der Waals surface area contributed by atoms with Crippen LogP contribution in [0.15, 0.2) is 35.6 Å². The predicted octanol–water partition coefficient (Wildman–Crippen LogP) is 1.54. The lowest BCUT2D eigenvalue weighted by molar-refractivity contribution is -0.120. The van der Waals surface area contributed by atoms with Crippen LogP contribution in [0.4, 0.5) is 0 Å². The SMILES string of the molecule is Cn1cc(C=NNC(=O)CC#N)c2ccccc21. The molecule has 0 fully saturated rings. The normalized spacial score (nSPS) is 10.7. The smallest absolute Gasteiger partial charge is 0.254 e. The molecule has 1 aromatic carbocycles. The number of carbonyl (C=O) groups is 1. The Kier molecular flexibility index (Phi) is 3.39. The van der Waals surface area contributed by atoms with E-state index in [2.05, 4.69) is 10.5 Å². The molecule has 2 rings (SSSR count). The molecule has 0 aliphatic carbocycles. The Bertz CT molecular complexity index is 649. The monoisotopic (exact) mass is 240 g/mol. The molecular formula is C13H12N4O. The van der Waals surface area contributed by atoms with E-state index in [0.717, 1.165) is 16.5 Å². The molecule has 0 atom stereocenters. The highest BCUT2D eigenvalue weighted by molar-refractivity contribution is 5.99. The third kappa shape index (κ3) is 2.38. The summed E-state index contributed by atoms with van der Waals surface area (Å²) in [5.74, 6) is -0.408. The van der Waals surface area contributed by atoms with Crippen LogP contribution in [-0.4, -0.2) is 16.7 Å². The number of para-hydroxylation sites is 1. The van der Waals surface area contributed by atoms with Gasteiger partial charge in [-0.3, -0.25) is 4.79 Å². The second kappa shape index (κ2) is 5.15. The van der Waals surface area contributed by atoms with E-state index >= 15 is 0 Å². The molecular weight excluding hydrogens is 228 g/mol. The maximum atomic E-state index is 11.0. The van der Waals surface area contributed by atoms with E-state index in [1.807, 2.05) is 42.1 Å². The van der Waals surface area contributed by atoms with Crippen LogP contribution < -0.4 is 5.43 Å². The van der Waals surface area contributed by atoms with E-state index in [-0.39, 0.29) is 6.42 Å². The molecule has 0 spiro atoms. The Morgan fingerprint density at radius 1 is 1.56 bits per heavy atom. The predicted molar refractivity (Wildman–Crippen MR) is 68.9 cm³/mol. The number of carbonyl (C=O) groups excluding carboxylic acids is 1. The van der Waals surface area contributed by atoms with Crippen molar-refractivity contribution in [3.63, 3.8) is 0 Å². The Hall–Kier alpha value is -2.61. The summed E-state index contributed by atoms with van der Waals surface area (Å²) in [6.07, 6.45) is 3.33. The van der Waals surface area contributed by atoms with Gasteiger partial charge in [0.1, 0.15) is 6.42 Å². The fourth-order valence-electron chi connectivity index (χ4n) is 1.76. The first-order chi connectivity index (χ1) is 8.72. The lowest BCUT2D eigenvalue weighted by atomic mass is 10.2. The van der Waals surface area contributed by atoms with Gasteiger partial charge >= 0.3 is 0 Å². The van der Waals surface area contributed by atoms with Crippen LogP contribution in [-0.2, 0) is 11.8 Å². The zero-order chi connectivity index (χ0) is 13.0. The highest BCUT2D eigenvalue weighted by Crippen LogP contribution is 2.18. The van der Waals surface area contributed by atoms with Crippen molar-refractivity contribution in [2.24, 2.45) is 12.1 Å². The minimum atomic E-state index is -0.408. The van der Waals surface area contributed by atoms with Gasteiger partial charge < -0.3 is 4.57 Å². The number of benzene rings is 1. The van der Waals surface area contributed by atoms with Gasteiger partial charge in [0, 0.05) is 29.7 Å². The highest BCUT2D eigenvalue weighted by Gasteiger charge is 2.03. The molecule has 1 amide bonds. The van der Waals surface area contributed by atoms with Crippen molar-refractivity contribution >= 4 is 23.0 Å². The molecule has 5 nitrogen and oxygen atoms in total. The van der Waals surface area contributed by atoms with Gasteiger partial charge in [-0.25, -0.2) is 5.43 Å². The van der Waals surface area contributed by atoms with Crippen molar-refractivity contribution in [3.8, 4) is 6.07 Å². The first kappa shape index (κ1) is 11.9. The molecule has 0 saturated heterocycles. The van der Waals surface area contributed by atoms with Crippen LogP contribution >= 0.6 is 0 Å². The standard InChI is InChI=1S/C13H12N4O/c1-17-9-10(8-15-16-13(18)6-7-14)11-4-2-3-5-12(11)17/h2-5,8-9H,6H2,1H3,(H,16,18). The summed E-state index contributed by atoms with van der Waals surface area (Å²) in [6.45, 7) is 0. The third-order valence-corrected chi connectivity index (χ3v) is 2.56. The zero-order valence-electron chi connectivity index (χ0n) is 9.92. The van der Waals surface area contributed by atoms with Crippen molar-refractivity contribution in [1.82, 2.24) is 9.99 Å². The molecule has 0 unspecified atom stereocenters. The second-order valence-corrected chi connectivity index (χ2v) is 3.84. The molecule has 5 heteroatoms. The van der Waals surface area contributed by atoms with Crippen molar-refractivity contribution in [2.75, 3.05) is 0 Å². The number of amides is 1. The van der Waals surface area contributed by atoms with Crippen LogP contribution in [0, 0.1) is 11.3 Å². The molecule has 1 heterocycles. The summed E-state index contributed by atoms with van der Waals surface area (Å²) in [5, 5.41) is 13.2. The van der Waals surface area contributed by atoms with Crippen molar-refractivity contribution in [2.45, 2.75) is 6.42 Å². The summed E-state index contributed by atoms with van der Waals surface area (Å²) in [5.41, 5.74) is 4.33. The quantitative estimate of drug-likeness (QED) is 0.653. The van der Waals surface area contributed by atoms with Crippen molar-refractivity contribution in [3.05, 3.63) is 36.0 Å². The van der Waals surface area contributed by atoms with Gasteiger partial charge in [0.2, 0.25) is 0 Å². The lowest BCUT2D eigenvalue weighted by Crippen LogP contribution is -2.16. The van der Waals surface area contributed by atoms with E-state index in [1.165, 1.54) is 0 Å². The van der Waals surface area contributed by atoms with Crippen LogP contribution in [0.5, 0.6) is 0 Å². The van der Waals surface area contributed by atoms with Crippen LogP contribution in [0.1, 0.15) is 12.0 Å². The Balaban J connectivity index is 2.20. The number of aryl methyl sites for hydroxylation is 1. The van der Waals surface area contributed by atoms with Crippen LogP contribution in [0.25, 0.3) is 10.9 Å². The molecule has 1 N–H and O–H groups in total. The number of nitriles is 1. The Morgan fingerprint density at radius 3 is 3.11 bits per heavy atom. The summed E-state index contributed by atoms with van der Waals surface area (Å²) < 4.78 is 1.99. The average molecular weight is 240 g/mol. The second-order valence-electron chi connectivity index (χ2n) is 3.84. The minimum absolute atomic E-state index is 0.188. The molecule has 0 aliphatic heterocycles. The fraction of sp³-hybridized carbons (Fsp3) is 0.154. The van der Waals surface area contributed by atoms with Gasteiger partial charge in [-0.2, -0.15) is 10.4 Å². The number of rotatable bonds is 3. The zero-order valence-corrected chi connectivity index (χ0v) is 9.92. The van der Waals surface area contributed by atoms with Crippen molar-refractivity contribution in [1.29, 1.82) is 5.26 Å². The molecule has 0 saturated carbocycles.